The van der Waals surface area contributed by atoms with Crippen molar-refractivity contribution in [2.45, 2.75) is 33.1 Å². The summed E-state index contributed by atoms with van der Waals surface area (Å²) in [7, 11) is 1.64. The third-order valence-electron chi connectivity index (χ3n) is 3.95. The van der Waals surface area contributed by atoms with E-state index in [-0.39, 0.29) is 11.8 Å². The Hall–Kier alpha value is -2.41. The number of amides is 2. The summed E-state index contributed by atoms with van der Waals surface area (Å²) in [5, 5.41) is 5.70. The molecule has 0 saturated carbocycles. The van der Waals surface area contributed by atoms with Gasteiger partial charge >= 0.3 is 0 Å². The largest absolute Gasteiger partial charge is 0.385 e. The van der Waals surface area contributed by atoms with E-state index in [1.165, 1.54) is 0 Å². The van der Waals surface area contributed by atoms with Crippen molar-refractivity contribution in [1.82, 2.24) is 20.0 Å². The van der Waals surface area contributed by atoms with Gasteiger partial charge < -0.3 is 15.4 Å². The lowest BCUT2D eigenvalue weighted by Crippen LogP contribution is -2.29. The number of carbonyl (C=O) groups is 2. The summed E-state index contributed by atoms with van der Waals surface area (Å²) < 4.78 is 6.73. The fraction of sp³-hybridized carbons (Fsp3) is 0.500. The highest BCUT2D eigenvalue weighted by molar-refractivity contribution is 5.94. The van der Waals surface area contributed by atoms with E-state index in [1.54, 1.807) is 7.11 Å². The van der Waals surface area contributed by atoms with Crippen molar-refractivity contribution in [2.75, 3.05) is 26.8 Å². The molecule has 7 nitrogen and oxygen atoms in total. The third-order valence-corrected chi connectivity index (χ3v) is 3.95. The summed E-state index contributed by atoms with van der Waals surface area (Å²) in [4.78, 5) is 28.6. The van der Waals surface area contributed by atoms with Crippen LogP contribution in [-0.2, 0) is 9.53 Å². The van der Waals surface area contributed by atoms with Gasteiger partial charge in [-0.05, 0) is 38.3 Å². The van der Waals surface area contributed by atoms with Crippen LogP contribution in [0.4, 0.5) is 0 Å². The molecule has 2 aromatic heterocycles. The summed E-state index contributed by atoms with van der Waals surface area (Å²) in [6, 6.07) is 3.86. The van der Waals surface area contributed by atoms with Crippen molar-refractivity contribution in [3.05, 3.63) is 35.3 Å². The molecule has 7 heteroatoms. The second-order valence-corrected chi connectivity index (χ2v) is 5.99. The Morgan fingerprint density at radius 3 is 2.72 bits per heavy atom. The maximum Gasteiger partial charge on any atom is 0.270 e. The zero-order chi connectivity index (χ0) is 18.2. The van der Waals surface area contributed by atoms with Gasteiger partial charge in [0, 0.05) is 39.4 Å². The van der Waals surface area contributed by atoms with Crippen LogP contribution in [0.2, 0.25) is 0 Å². The third kappa shape index (κ3) is 5.03. The number of hydrogen-bond donors (Lipinski definition) is 2. The number of ether oxygens (including phenoxy) is 1. The molecule has 25 heavy (non-hydrogen) atoms. The van der Waals surface area contributed by atoms with Gasteiger partial charge in [-0.15, -0.1) is 0 Å². The molecule has 2 aromatic rings. The molecule has 0 radical (unpaired) electrons. The first-order valence-corrected chi connectivity index (χ1v) is 8.52. The molecule has 0 aliphatic carbocycles. The van der Waals surface area contributed by atoms with Crippen LogP contribution in [0.15, 0.2) is 18.3 Å². The van der Waals surface area contributed by atoms with Gasteiger partial charge in [0.25, 0.3) is 5.91 Å². The molecule has 0 aromatic carbocycles. The van der Waals surface area contributed by atoms with E-state index in [2.05, 4.69) is 15.6 Å². The molecule has 2 amide bonds. The fourth-order valence-corrected chi connectivity index (χ4v) is 2.66. The predicted octanol–water partition coefficient (Wildman–Crippen LogP) is 1.61. The van der Waals surface area contributed by atoms with E-state index in [0.717, 1.165) is 17.6 Å². The normalized spacial score (nSPS) is 10.8. The number of fused-ring (bicyclic) bond motifs is 1. The zero-order valence-electron chi connectivity index (χ0n) is 15.1. The number of aromatic nitrogens is 2. The molecule has 0 spiro atoms. The van der Waals surface area contributed by atoms with Gasteiger partial charge in [-0.2, -0.15) is 0 Å². The van der Waals surface area contributed by atoms with Crippen LogP contribution < -0.4 is 10.6 Å². The van der Waals surface area contributed by atoms with Crippen molar-refractivity contribution >= 4 is 17.5 Å². The molecule has 2 heterocycles. The average Bonchev–Trinajstić information content (AvgIpc) is 2.93. The van der Waals surface area contributed by atoms with E-state index in [0.29, 0.717) is 43.9 Å². The fourth-order valence-electron chi connectivity index (χ4n) is 2.66. The van der Waals surface area contributed by atoms with E-state index >= 15 is 0 Å². The number of rotatable bonds is 9. The molecule has 0 saturated heterocycles. The van der Waals surface area contributed by atoms with Gasteiger partial charge in [-0.25, -0.2) is 4.98 Å². The quantitative estimate of drug-likeness (QED) is 0.676. The van der Waals surface area contributed by atoms with E-state index in [1.807, 2.05) is 36.6 Å². The Kier molecular flexibility index (Phi) is 6.94. The number of methoxy groups -OCH3 is 1. The lowest BCUT2D eigenvalue weighted by Gasteiger charge is -2.07. The minimum Gasteiger partial charge on any atom is -0.385 e. The van der Waals surface area contributed by atoms with Crippen LogP contribution in [0.3, 0.4) is 0 Å². The summed E-state index contributed by atoms with van der Waals surface area (Å²) in [5.74, 6) is -0.178. The monoisotopic (exact) mass is 346 g/mol. The highest BCUT2D eigenvalue weighted by Crippen LogP contribution is 2.15. The molecular weight excluding hydrogens is 320 g/mol. The van der Waals surface area contributed by atoms with Gasteiger partial charge in [-0.1, -0.05) is 6.07 Å². The zero-order valence-corrected chi connectivity index (χ0v) is 15.1. The molecule has 0 fully saturated rings. The number of pyridine rings is 1. The first-order valence-electron chi connectivity index (χ1n) is 8.52. The van der Waals surface area contributed by atoms with Crippen LogP contribution in [0.5, 0.6) is 0 Å². The second kappa shape index (κ2) is 9.17. The maximum atomic E-state index is 12.5. The van der Waals surface area contributed by atoms with Crippen LogP contribution in [-0.4, -0.2) is 48.0 Å². The summed E-state index contributed by atoms with van der Waals surface area (Å²) >= 11 is 0. The van der Waals surface area contributed by atoms with Gasteiger partial charge in [0.2, 0.25) is 5.91 Å². The van der Waals surface area contributed by atoms with Gasteiger partial charge in [0.1, 0.15) is 11.3 Å². The lowest BCUT2D eigenvalue weighted by atomic mass is 10.2. The summed E-state index contributed by atoms with van der Waals surface area (Å²) in [6.07, 6.45) is 3.62. The van der Waals surface area contributed by atoms with Crippen molar-refractivity contribution in [2.24, 2.45) is 0 Å². The first-order chi connectivity index (χ1) is 12.0. The predicted molar refractivity (Wildman–Crippen MR) is 95.7 cm³/mol. The SMILES string of the molecule is COCCCNC(=O)CCCNC(=O)c1c(C)nc2c(C)cccn12. The molecule has 0 aliphatic heterocycles. The van der Waals surface area contributed by atoms with E-state index < -0.39 is 0 Å². The molecule has 0 aliphatic rings. The lowest BCUT2D eigenvalue weighted by molar-refractivity contribution is -0.121. The average molecular weight is 346 g/mol. The summed E-state index contributed by atoms with van der Waals surface area (Å²) in [6.45, 7) is 5.49. The Morgan fingerprint density at radius 2 is 1.96 bits per heavy atom. The van der Waals surface area contributed by atoms with Crippen LogP contribution >= 0.6 is 0 Å². The Morgan fingerprint density at radius 1 is 1.20 bits per heavy atom. The van der Waals surface area contributed by atoms with Gasteiger partial charge in [0.05, 0.1) is 5.69 Å². The minimum atomic E-state index is -0.170. The van der Waals surface area contributed by atoms with Gasteiger partial charge in [0.15, 0.2) is 0 Å². The van der Waals surface area contributed by atoms with Crippen molar-refractivity contribution in [3.8, 4) is 0 Å². The minimum absolute atomic E-state index is 0.00744. The molecular formula is C18H26N4O3. The van der Waals surface area contributed by atoms with Gasteiger partial charge in [-0.3, -0.25) is 14.0 Å². The molecule has 0 unspecified atom stereocenters. The molecule has 0 atom stereocenters. The Balaban J connectivity index is 1.81. The number of imidazole rings is 1. The van der Waals surface area contributed by atoms with Crippen LogP contribution in [0.25, 0.3) is 5.65 Å². The molecule has 136 valence electrons. The first kappa shape index (κ1) is 18.9. The van der Waals surface area contributed by atoms with Crippen molar-refractivity contribution in [1.29, 1.82) is 0 Å². The number of hydrogen-bond acceptors (Lipinski definition) is 4. The highest BCUT2D eigenvalue weighted by atomic mass is 16.5. The smallest absolute Gasteiger partial charge is 0.270 e. The van der Waals surface area contributed by atoms with Crippen LogP contribution in [0.1, 0.15) is 41.0 Å². The van der Waals surface area contributed by atoms with Crippen LogP contribution in [0, 0.1) is 13.8 Å². The maximum absolute atomic E-state index is 12.5. The Bertz CT molecular complexity index is 739. The Labute approximate surface area is 147 Å². The van der Waals surface area contributed by atoms with E-state index in [4.69, 9.17) is 4.74 Å². The van der Waals surface area contributed by atoms with E-state index in [9.17, 15) is 9.59 Å². The topological polar surface area (TPSA) is 84.7 Å². The molecule has 2 N–H and O–H groups in total. The number of nitrogens with one attached hydrogen (secondary N) is 2. The number of aryl methyl sites for hydroxylation is 2. The standard InChI is InChI=1S/C18H26N4O3/c1-13-7-5-11-22-16(14(2)21-17(13)22)18(24)20-9-4-8-15(23)19-10-6-12-25-3/h5,7,11H,4,6,8-10,12H2,1-3H3,(H,19,23)(H,20,24). The number of nitrogens with zero attached hydrogens (tertiary/aromatic N) is 2. The second-order valence-electron chi connectivity index (χ2n) is 5.99. The summed E-state index contributed by atoms with van der Waals surface area (Å²) in [5.41, 5.74) is 3.06. The molecule has 2 rings (SSSR count). The van der Waals surface area contributed by atoms with Crippen molar-refractivity contribution < 1.29 is 14.3 Å². The number of carbonyl (C=O) groups excluding carboxylic acids is 2. The highest BCUT2D eigenvalue weighted by Gasteiger charge is 2.16. The van der Waals surface area contributed by atoms with Crippen molar-refractivity contribution in [3.63, 3.8) is 0 Å². The molecule has 0 bridgehead atoms.